The zero-order valence-corrected chi connectivity index (χ0v) is 13.4. The van der Waals surface area contributed by atoms with Crippen molar-refractivity contribution < 1.29 is 17.9 Å². The molecule has 0 heterocycles. The Morgan fingerprint density at radius 1 is 1.13 bits per heavy atom. The maximum Gasteiger partial charge on any atom is 0.416 e. The molecule has 0 aromatic heterocycles. The molecule has 0 aliphatic carbocycles. The topological polar surface area (TPSA) is 21.3 Å². The van der Waals surface area contributed by atoms with Gasteiger partial charge in [0, 0.05) is 12.6 Å². The van der Waals surface area contributed by atoms with Gasteiger partial charge in [-0.3, -0.25) is 0 Å². The Hall–Kier alpha value is -2.01. The van der Waals surface area contributed by atoms with Crippen LogP contribution in [0.5, 0.6) is 5.75 Å². The number of benzene rings is 2. The molecule has 0 fully saturated rings. The van der Waals surface area contributed by atoms with E-state index in [1.165, 1.54) is 12.1 Å². The number of hydrogen-bond donors (Lipinski definition) is 1. The predicted molar refractivity (Wildman–Crippen MR) is 84.4 cm³/mol. The van der Waals surface area contributed by atoms with E-state index in [1.807, 2.05) is 32.0 Å². The smallest absolute Gasteiger partial charge is 0.416 e. The summed E-state index contributed by atoms with van der Waals surface area (Å²) < 4.78 is 43.5. The molecule has 2 nitrogen and oxygen atoms in total. The van der Waals surface area contributed by atoms with Crippen LogP contribution in [0.2, 0.25) is 0 Å². The van der Waals surface area contributed by atoms with E-state index in [4.69, 9.17) is 4.74 Å². The highest BCUT2D eigenvalue weighted by atomic mass is 19.4. The molecule has 2 aromatic carbocycles. The van der Waals surface area contributed by atoms with Crippen LogP contribution in [-0.2, 0) is 12.7 Å². The van der Waals surface area contributed by atoms with Crippen LogP contribution in [0.4, 0.5) is 13.2 Å². The van der Waals surface area contributed by atoms with Crippen molar-refractivity contribution in [2.75, 3.05) is 7.11 Å². The van der Waals surface area contributed by atoms with Gasteiger partial charge in [0.15, 0.2) is 0 Å². The van der Waals surface area contributed by atoms with Gasteiger partial charge in [-0.25, -0.2) is 0 Å². The van der Waals surface area contributed by atoms with Gasteiger partial charge in [0.2, 0.25) is 0 Å². The Morgan fingerprint density at radius 3 is 2.48 bits per heavy atom. The lowest BCUT2D eigenvalue weighted by atomic mass is 10.0. The average Bonchev–Trinajstić information content (AvgIpc) is 2.52. The Labute approximate surface area is 134 Å². The summed E-state index contributed by atoms with van der Waals surface area (Å²) in [5.74, 6) is 0.819. The summed E-state index contributed by atoms with van der Waals surface area (Å²) in [6, 6.07) is 11.1. The first-order chi connectivity index (χ1) is 10.8. The Balaban J connectivity index is 2.05. The van der Waals surface area contributed by atoms with Gasteiger partial charge in [-0.1, -0.05) is 24.3 Å². The highest BCUT2D eigenvalue weighted by molar-refractivity contribution is 5.36. The minimum Gasteiger partial charge on any atom is -0.496 e. The number of rotatable bonds is 5. The highest BCUT2D eigenvalue weighted by Gasteiger charge is 2.30. The normalized spacial score (nSPS) is 13.0. The summed E-state index contributed by atoms with van der Waals surface area (Å²) in [6.07, 6.45) is -4.32. The number of aryl methyl sites for hydroxylation is 1. The van der Waals surface area contributed by atoms with Crippen molar-refractivity contribution in [2.45, 2.75) is 32.6 Å². The number of methoxy groups -OCH3 is 1. The van der Waals surface area contributed by atoms with E-state index in [9.17, 15) is 13.2 Å². The molecule has 5 heteroatoms. The molecule has 0 aliphatic rings. The third kappa shape index (κ3) is 4.48. The van der Waals surface area contributed by atoms with Gasteiger partial charge in [-0.2, -0.15) is 13.2 Å². The van der Waals surface area contributed by atoms with Crippen molar-refractivity contribution in [3.05, 3.63) is 64.7 Å². The lowest BCUT2D eigenvalue weighted by Crippen LogP contribution is -2.19. The standard InChI is InChI=1S/C18H20F3NO/c1-12-9-14(7-8-17(12)23-3)11-22-13(2)15-5-4-6-16(10-15)18(19,20)21/h4-10,13,22H,11H2,1-3H3. The fourth-order valence-electron chi connectivity index (χ4n) is 2.42. The second kappa shape index (κ2) is 7.04. The number of alkyl halides is 3. The predicted octanol–water partition coefficient (Wildman–Crippen LogP) is 4.87. The van der Waals surface area contributed by atoms with Crippen LogP contribution in [0.3, 0.4) is 0 Å². The lowest BCUT2D eigenvalue weighted by Gasteiger charge is -2.17. The van der Waals surface area contributed by atoms with Gasteiger partial charge in [-0.15, -0.1) is 0 Å². The highest BCUT2D eigenvalue weighted by Crippen LogP contribution is 2.30. The second-order valence-electron chi connectivity index (χ2n) is 5.53. The van der Waals surface area contributed by atoms with Crippen molar-refractivity contribution in [1.29, 1.82) is 0 Å². The van der Waals surface area contributed by atoms with Gasteiger partial charge in [0.1, 0.15) is 5.75 Å². The fourth-order valence-corrected chi connectivity index (χ4v) is 2.42. The molecular formula is C18H20F3NO. The molecule has 1 atom stereocenters. The van der Waals surface area contributed by atoms with Crippen LogP contribution in [0.25, 0.3) is 0 Å². The monoisotopic (exact) mass is 323 g/mol. The Kier molecular flexibility index (Phi) is 5.31. The Bertz CT molecular complexity index is 668. The van der Waals surface area contributed by atoms with Crippen molar-refractivity contribution in [3.8, 4) is 5.75 Å². The van der Waals surface area contributed by atoms with E-state index in [0.29, 0.717) is 12.1 Å². The molecule has 124 valence electrons. The molecule has 0 aliphatic heterocycles. The largest absolute Gasteiger partial charge is 0.496 e. The summed E-state index contributed by atoms with van der Waals surface area (Å²) in [5, 5.41) is 3.25. The van der Waals surface area contributed by atoms with Crippen LogP contribution in [-0.4, -0.2) is 7.11 Å². The van der Waals surface area contributed by atoms with Crippen molar-refractivity contribution in [3.63, 3.8) is 0 Å². The van der Waals surface area contributed by atoms with Crippen molar-refractivity contribution >= 4 is 0 Å². The summed E-state index contributed by atoms with van der Waals surface area (Å²) in [4.78, 5) is 0. The minimum atomic E-state index is -4.32. The molecule has 23 heavy (non-hydrogen) atoms. The van der Waals surface area contributed by atoms with E-state index in [1.54, 1.807) is 13.2 Å². The summed E-state index contributed by atoms with van der Waals surface area (Å²) in [6.45, 7) is 4.38. The van der Waals surface area contributed by atoms with Crippen molar-refractivity contribution in [2.24, 2.45) is 0 Å². The molecule has 1 unspecified atom stereocenters. The molecule has 0 spiro atoms. The van der Waals surface area contributed by atoms with E-state index < -0.39 is 11.7 Å². The average molecular weight is 323 g/mol. The first kappa shape index (κ1) is 17.3. The number of halogens is 3. The molecule has 0 amide bonds. The minimum absolute atomic E-state index is 0.181. The van der Waals surface area contributed by atoms with Gasteiger partial charge in [0.05, 0.1) is 12.7 Å². The molecule has 0 saturated carbocycles. The summed E-state index contributed by atoms with van der Waals surface area (Å²) >= 11 is 0. The van der Waals surface area contributed by atoms with E-state index in [0.717, 1.165) is 22.9 Å². The Morgan fingerprint density at radius 2 is 1.87 bits per heavy atom. The zero-order valence-electron chi connectivity index (χ0n) is 13.4. The van der Waals surface area contributed by atoms with Gasteiger partial charge >= 0.3 is 6.18 Å². The zero-order chi connectivity index (χ0) is 17.0. The number of hydrogen-bond acceptors (Lipinski definition) is 2. The quantitative estimate of drug-likeness (QED) is 0.847. The van der Waals surface area contributed by atoms with Crippen molar-refractivity contribution in [1.82, 2.24) is 5.32 Å². The summed E-state index contributed by atoms with van der Waals surface area (Å²) in [7, 11) is 1.62. The van der Waals surface area contributed by atoms with Gasteiger partial charge in [0.25, 0.3) is 0 Å². The molecule has 0 bridgehead atoms. The van der Waals surface area contributed by atoms with E-state index >= 15 is 0 Å². The second-order valence-corrected chi connectivity index (χ2v) is 5.53. The van der Waals surface area contributed by atoms with Gasteiger partial charge < -0.3 is 10.1 Å². The maximum absolute atomic E-state index is 12.8. The van der Waals surface area contributed by atoms with Crippen LogP contribution in [0.15, 0.2) is 42.5 Å². The van der Waals surface area contributed by atoms with Gasteiger partial charge in [-0.05, 0) is 48.7 Å². The van der Waals surface area contributed by atoms with Crippen LogP contribution >= 0.6 is 0 Å². The fraction of sp³-hybridized carbons (Fsp3) is 0.333. The molecule has 2 aromatic rings. The molecular weight excluding hydrogens is 303 g/mol. The molecule has 0 saturated heterocycles. The van der Waals surface area contributed by atoms with Crippen LogP contribution < -0.4 is 10.1 Å². The maximum atomic E-state index is 12.8. The van der Waals surface area contributed by atoms with Crippen LogP contribution in [0.1, 0.15) is 35.2 Å². The van der Waals surface area contributed by atoms with E-state index in [-0.39, 0.29) is 6.04 Å². The third-order valence-corrected chi connectivity index (χ3v) is 3.79. The first-order valence-corrected chi connectivity index (χ1v) is 7.35. The summed E-state index contributed by atoms with van der Waals surface area (Å²) in [5.41, 5.74) is 2.08. The first-order valence-electron chi connectivity index (χ1n) is 7.35. The molecule has 0 radical (unpaired) electrons. The van der Waals surface area contributed by atoms with Crippen LogP contribution in [0, 0.1) is 6.92 Å². The molecule has 2 rings (SSSR count). The van der Waals surface area contributed by atoms with E-state index in [2.05, 4.69) is 5.32 Å². The number of ether oxygens (including phenoxy) is 1. The number of nitrogens with one attached hydrogen (secondary N) is 1. The third-order valence-electron chi connectivity index (χ3n) is 3.79. The lowest BCUT2D eigenvalue weighted by molar-refractivity contribution is -0.137. The molecule has 1 N–H and O–H groups in total. The SMILES string of the molecule is COc1ccc(CNC(C)c2cccc(C(F)(F)F)c2)cc1C.